The molecule has 2 aromatic heterocycles. The second kappa shape index (κ2) is 6.48. The minimum Gasteiger partial charge on any atom is -0.494 e. The quantitative estimate of drug-likeness (QED) is 0.416. The van der Waals surface area contributed by atoms with E-state index in [0.29, 0.717) is 23.1 Å². The van der Waals surface area contributed by atoms with Gasteiger partial charge in [0.1, 0.15) is 5.75 Å². The molecule has 5 nitrogen and oxygen atoms in total. The first kappa shape index (κ1) is 18.5. The van der Waals surface area contributed by atoms with Gasteiger partial charge < -0.3 is 19.5 Å². The Bertz CT molecular complexity index is 1240. The summed E-state index contributed by atoms with van der Waals surface area (Å²) >= 11 is 0. The lowest BCUT2D eigenvalue weighted by Crippen LogP contribution is -2.17. The SMILES string of the molecule is Oc1[nH]c(O)c(C2CCc3cccc4ccn2c34)c1-c1ccc(OC(F)(F)F)cc1. The fourth-order valence-electron chi connectivity index (χ4n) is 4.40. The Labute approximate surface area is 169 Å². The number of aromatic nitrogens is 2. The first-order valence-corrected chi connectivity index (χ1v) is 9.40. The number of hydrogen-bond acceptors (Lipinski definition) is 3. The number of nitrogens with zero attached hydrogens (tertiary/aromatic N) is 1. The van der Waals surface area contributed by atoms with E-state index >= 15 is 0 Å². The summed E-state index contributed by atoms with van der Waals surface area (Å²) in [7, 11) is 0. The van der Waals surface area contributed by atoms with E-state index in [1.165, 1.54) is 29.8 Å². The highest BCUT2D eigenvalue weighted by atomic mass is 19.4. The largest absolute Gasteiger partial charge is 0.573 e. The maximum absolute atomic E-state index is 12.4. The van der Waals surface area contributed by atoms with E-state index in [0.717, 1.165) is 17.3 Å². The van der Waals surface area contributed by atoms with Gasteiger partial charge >= 0.3 is 6.36 Å². The summed E-state index contributed by atoms with van der Waals surface area (Å²) in [5.41, 5.74) is 3.62. The van der Waals surface area contributed by atoms with Crippen LogP contribution >= 0.6 is 0 Å². The van der Waals surface area contributed by atoms with Crippen LogP contribution in [0.25, 0.3) is 22.0 Å². The van der Waals surface area contributed by atoms with E-state index in [-0.39, 0.29) is 23.6 Å². The molecule has 0 saturated heterocycles. The molecule has 0 amide bonds. The molecule has 1 aliphatic rings. The van der Waals surface area contributed by atoms with Crippen LogP contribution in [-0.2, 0) is 6.42 Å². The van der Waals surface area contributed by atoms with Gasteiger partial charge in [-0.05, 0) is 47.6 Å². The molecule has 3 heterocycles. The van der Waals surface area contributed by atoms with Gasteiger partial charge in [-0.1, -0.05) is 30.3 Å². The van der Waals surface area contributed by atoms with Crippen molar-refractivity contribution in [1.29, 1.82) is 0 Å². The van der Waals surface area contributed by atoms with Crippen LogP contribution in [0.5, 0.6) is 17.5 Å². The number of aryl methyl sites for hydroxylation is 1. The molecule has 30 heavy (non-hydrogen) atoms. The molecule has 5 rings (SSSR count). The van der Waals surface area contributed by atoms with Crippen molar-refractivity contribution in [2.45, 2.75) is 25.2 Å². The van der Waals surface area contributed by atoms with E-state index in [9.17, 15) is 23.4 Å². The number of aromatic amines is 1. The van der Waals surface area contributed by atoms with Crippen LogP contribution in [0.15, 0.2) is 54.7 Å². The zero-order chi connectivity index (χ0) is 21.0. The van der Waals surface area contributed by atoms with Crippen LogP contribution in [0.3, 0.4) is 0 Å². The van der Waals surface area contributed by atoms with Gasteiger partial charge in [0.25, 0.3) is 0 Å². The lowest BCUT2D eigenvalue weighted by atomic mass is 9.91. The van der Waals surface area contributed by atoms with Crippen molar-refractivity contribution in [3.63, 3.8) is 0 Å². The van der Waals surface area contributed by atoms with Gasteiger partial charge in [0.2, 0.25) is 0 Å². The average molecular weight is 414 g/mol. The second-order valence-corrected chi connectivity index (χ2v) is 7.32. The first-order chi connectivity index (χ1) is 14.3. The summed E-state index contributed by atoms with van der Waals surface area (Å²) in [5, 5.41) is 22.1. The Morgan fingerprint density at radius 2 is 1.77 bits per heavy atom. The standard InChI is InChI=1S/C22H17F3N2O3/c23-22(24,25)30-15-7-4-12(5-8-15)17-18(21(29)26-20(17)28)16-9-6-13-2-1-3-14-10-11-27(16)19(13)14/h1-5,7-8,10-11,16,26,28-29H,6,9H2. The average Bonchev–Trinajstić information content (AvgIpc) is 3.24. The van der Waals surface area contributed by atoms with E-state index < -0.39 is 6.36 Å². The lowest BCUT2D eigenvalue weighted by Gasteiger charge is -2.27. The van der Waals surface area contributed by atoms with Crippen LogP contribution < -0.4 is 4.74 Å². The third kappa shape index (κ3) is 2.96. The van der Waals surface area contributed by atoms with Gasteiger partial charge in [-0.3, -0.25) is 4.98 Å². The van der Waals surface area contributed by atoms with Crippen molar-refractivity contribution in [2.24, 2.45) is 0 Å². The maximum Gasteiger partial charge on any atom is 0.573 e. The fraction of sp³-hybridized carbons (Fsp3) is 0.182. The molecule has 2 aromatic carbocycles. The van der Waals surface area contributed by atoms with Crippen molar-refractivity contribution in [3.05, 3.63) is 65.9 Å². The Kier molecular flexibility index (Phi) is 3.99. The third-order valence-electron chi connectivity index (χ3n) is 5.55. The minimum atomic E-state index is -4.78. The highest BCUT2D eigenvalue weighted by Crippen LogP contribution is 2.47. The normalized spacial score (nSPS) is 16.2. The van der Waals surface area contributed by atoms with Gasteiger partial charge in [0.05, 0.1) is 17.1 Å². The number of benzene rings is 2. The Balaban J connectivity index is 1.60. The number of para-hydroxylation sites is 1. The molecule has 0 saturated carbocycles. The molecule has 154 valence electrons. The number of halogens is 3. The fourth-order valence-corrected chi connectivity index (χ4v) is 4.40. The molecular formula is C22H17F3N2O3. The van der Waals surface area contributed by atoms with Crippen LogP contribution in [0.2, 0.25) is 0 Å². The predicted octanol–water partition coefficient (Wildman–Crippen LogP) is 5.48. The monoisotopic (exact) mass is 414 g/mol. The summed E-state index contributed by atoms with van der Waals surface area (Å²) in [6.07, 6.45) is -1.33. The molecule has 0 bridgehead atoms. The Morgan fingerprint density at radius 1 is 1.00 bits per heavy atom. The minimum absolute atomic E-state index is 0.163. The summed E-state index contributed by atoms with van der Waals surface area (Å²) in [6.45, 7) is 0. The molecule has 8 heteroatoms. The van der Waals surface area contributed by atoms with Crippen molar-refractivity contribution >= 4 is 10.9 Å². The molecule has 1 unspecified atom stereocenters. The highest BCUT2D eigenvalue weighted by molar-refractivity contribution is 5.85. The number of ether oxygens (including phenoxy) is 1. The lowest BCUT2D eigenvalue weighted by molar-refractivity contribution is -0.274. The van der Waals surface area contributed by atoms with Gasteiger partial charge in [0, 0.05) is 11.8 Å². The van der Waals surface area contributed by atoms with E-state index in [1.807, 2.05) is 24.4 Å². The number of nitrogens with one attached hydrogen (secondary N) is 1. The van der Waals surface area contributed by atoms with Gasteiger partial charge in [0.15, 0.2) is 11.8 Å². The van der Waals surface area contributed by atoms with Crippen LogP contribution in [-0.4, -0.2) is 26.1 Å². The molecule has 1 atom stereocenters. The molecule has 0 aliphatic carbocycles. The summed E-state index contributed by atoms with van der Waals surface area (Å²) in [5.74, 6) is -0.760. The highest BCUT2D eigenvalue weighted by Gasteiger charge is 2.32. The van der Waals surface area contributed by atoms with Crippen molar-refractivity contribution in [3.8, 4) is 28.6 Å². The summed E-state index contributed by atoms with van der Waals surface area (Å²) < 4.78 is 43.3. The van der Waals surface area contributed by atoms with Crippen molar-refractivity contribution in [2.75, 3.05) is 0 Å². The summed E-state index contributed by atoms with van der Waals surface area (Å²) in [6, 6.07) is 13.1. The zero-order valence-corrected chi connectivity index (χ0v) is 15.6. The van der Waals surface area contributed by atoms with Crippen molar-refractivity contribution < 1.29 is 28.1 Å². The van der Waals surface area contributed by atoms with Crippen LogP contribution in [0.4, 0.5) is 13.2 Å². The molecule has 0 spiro atoms. The van der Waals surface area contributed by atoms with Crippen LogP contribution in [0.1, 0.15) is 23.6 Å². The Morgan fingerprint density at radius 3 is 2.50 bits per heavy atom. The molecular weight excluding hydrogens is 397 g/mol. The van der Waals surface area contributed by atoms with Gasteiger partial charge in [-0.25, -0.2) is 0 Å². The number of hydrogen-bond donors (Lipinski definition) is 3. The van der Waals surface area contributed by atoms with Gasteiger partial charge in [-0.2, -0.15) is 0 Å². The summed E-state index contributed by atoms with van der Waals surface area (Å²) in [4.78, 5) is 2.56. The third-order valence-corrected chi connectivity index (χ3v) is 5.55. The molecule has 4 aromatic rings. The van der Waals surface area contributed by atoms with Crippen LogP contribution in [0, 0.1) is 0 Å². The smallest absolute Gasteiger partial charge is 0.494 e. The van der Waals surface area contributed by atoms with E-state index in [4.69, 9.17) is 0 Å². The van der Waals surface area contributed by atoms with E-state index in [1.54, 1.807) is 0 Å². The number of H-pyrrole nitrogens is 1. The predicted molar refractivity (Wildman–Crippen MR) is 105 cm³/mol. The molecule has 0 radical (unpaired) electrons. The maximum atomic E-state index is 12.4. The molecule has 1 aliphatic heterocycles. The molecule has 3 N–H and O–H groups in total. The second-order valence-electron chi connectivity index (χ2n) is 7.32. The van der Waals surface area contributed by atoms with Crippen molar-refractivity contribution in [1.82, 2.24) is 9.55 Å². The van der Waals surface area contributed by atoms with Gasteiger partial charge in [-0.15, -0.1) is 13.2 Å². The first-order valence-electron chi connectivity index (χ1n) is 9.40. The van der Waals surface area contributed by atoms with E-state index in [2.05, 4.69) is 20.4 Å². The molecule has 0 fully saturated rings. The zero-order valence-electron chi connectivity index (χ0n) is 15.6. The topological polar surface area (TPSA) is 70.4 Å². The number of aromatic hydroxyl groups is 2. The Hall–Kier alpha value is -3.55. The number of rotatable bonds is 3. The number of alkyl halides is 3.